The minimum atomic E-state index is -0.167. The lowest BCUT2D eigenvalue weighted by atomic mass is 10.1. The molecule has 1 aromatic heterocycles. The fraction of sp³-hybridized carbons (Fsp3) is 0.238. The third kappa shape index (κ3) is 4.19. The Labute approximate surface area is 142 Å². The van der Waals surface area contributed by atoms with Crippen LogP contribution in [0, 0.1) is 6.92 Å². The van der Waals surface area contributed by atoms with Crippen LogP contribution in [0.1, 0.15) is 28.8 Å². The van der Waals surface area contributed by atoms with Gasteiger partial charge in [-0.15, -0.1) is 0 Å². The summed E-state index contributed by atoms with van der Waals surface area (Å²) < 4.78 is 1.69. The number of aromatic nitrogens is 2. The Bertz CT molecular complexity index is 839. The van der Waals surface area contributed by atoms with E-state index in [2.05, 4.69) is 29.2 Å². The fourth-order valence-corrected chi connectivity index (χ4v) is 2.88. The number of hydrogen-bond acceptors (Lipinski definition) is 2. The van der Waals surface area contributed by atoms with Crippen molar-refractivity contribution in [3.05, 3.63) is 99.7 Å². The molecule has 3 aromatic rings. The van der Waals surface area contributed by atoms with Crippen molar-refractivity contribution < 1.29 is 0 Å². The van der Waals surface area contributed by atoms with Crippen molar-refractivity contribution >= 4 is 0 Å². The molecule has 0 bridgehead atoms. The van der Waals surface area contributed by atoms with Gasteiger partial charge in [0.1, 0.15) is 0 Å². The molecule has 0 radical (unpaired) electrons. The summed E-state index contributed by atoms with van der Waals surface area (Å²) in [6.45, 7) is 2.60. The first-order valence-corrected chi connectivity index (χ1v) is 8.37. The molecular formula is C21H22N2O. The highest BCUT2D eigenvalue weighted by Gasteiger charge is 2.06. The first-order valence-electron chi connectivity index (χ1n) is 8.37. The third-order valence-corrected chi connectivity index (χ3v) is 4.20. The van der Waals surface area contributed by atoms with Gasteiger partial charge in [-0.05, 0) is 42.9 Å². The van der Waals surface area contributed by atoms with Crippen LogP contribution < -0.4 is 5.69 Å². The van der Waals surface area contributed by atoms with Crippen molar-refractivity contribution in [3.8, 4) is 0 Å². The molecule has 0 fully saturated rings. The van der Waals surface area contributed by atoms with Gasteiger partial charge in [-0.25, -0.2) is 4.79 Å². The first-order chi connectivity index (χ1) is 11.7. The predicted molar refractivity (Wildman–Crippen MR) is 97.2 cm³/mol. The Balaban J connectivity index is 1.67. The van der Waals surface area contributed by atoms with Gasteiger partial charge in [0, 0.05) is 6.20 Å². The van der Waals surface area contributed by atoms with Crippen molar-refractivity contribution in [1.29, 1.82) is 0 Å². The zero-order valence-electron chi connectivity index (χ0n) is 14.0. The lowest BCUT2D eigenvalue weighted by molar-refractivity contribution is 0.693. The molecule has 24 heavy (non-hydrogen) atoms. The van der Waals surface area contributed by atoms with Gasteiger partial charge < -0.3 is 0 Å². The quantitative estimate of drug-likeness (QED) is 0.693. The SMILES string of the molecule is Cc1cn(Cc2ccccc2)c(=O)nc1CCCc1ccccc1. The van der Waals surface area contributed by atoms with Crippen LogP contribution in [0.4, 0.5) is 0 Å². The van der Waals surface area contributed by atoms with E-state index in [-0.39, 0.29) is 5.69 Å². The zero-order valence-corrected chi connectivity index (χ0v) is 14.0. The largest absolute Gasteiger partial charge is 0.348 e. The monoisotopic (exact) mass is 318 g/mol. The lowest BCUT2D eigenvalue weighted by Gasteiger charge is -2.10. The molecule has 0 aliphatic carbocycles. The van der Waals surface area contributed by atoms with E-state index in [1.165, 1.54) is 5.56 Å². The van der Waals surface area contributed by atoms with Crippen LogP contribution in [0.5, 0.6) is 0 Å². The summed E-state index contributed by atoms with van der Waals surface area (Å²) in [4.78, 5) is 16.6. The molecule has 0 saturated heterocycles. The summed E-state index contributed by atoms with van der Waals surface area (Å²) in [5.74, 6) is 0. The highest BCUT2D eigenvalue weighted by Crippen LogP contribution is 2.10. The van der Waals surface area contributed by atoms with Crippen LogP contribution in [0.25, 0.3) is 0 Å². The van der Waals surface area contributed by atoms with E-state index in [9.17, 15) is 4.79 Å². The number of nitrogens with zero attached hydrogens (tertiary/aromatic N) is 2. The summed E-state index contributed by atoms with van der Waals surface area (Å²) in [5, 5.41) is 0. The van der Waals surface area contributed by atoms with E-state index < -0.39 is 0 Å². The normalized spacial score (nSPS) is 10.7. The number of benzene rings is 2. The van der Waals surface area contributed by atoms with Gasteiger partial charge >= 0.3 is 5.69 Å². The predicted octanol–water partition coefficient (Wildman–Crippen LogP) is 3.78. The number of aryl methyl sites for hydroxylation is 3. The summed E-state index contributed by atoms with van der Waals surface area (Å²) >= 11 is 0. The van der Waals surface area contributed by atoms with Crippen LogP contribution in [0.15, 0.2) is 71.7 Å². The van der Waals surface area contributed by atoms with Crippen LogP contribution >= 0.6 is 0 Å². The Morgan fingerprint density at radius 3 is 2.17 bits per heavy atom. The van der Waals surface area contributed by atoms with Gasteiger partial charge in [-0.3, -0.25) is 4.57 Å². The van der Waals surface area contributed by atoms with Crippen LogP contribution in [0.3, 0.4) is 0 Å². The molecule has 3 heteroatoms. The van der Waals surface area contributed by atoms with Crippen LogP contribution in [-0.4, -0.2) is 9.55 Å². The highest BCUT2D eigenvalue weighted by atomic mass is 16.1. The van der Waals surface area contributed by atoms with Crippen molar-refractivity contribution in [1.82, 2.24) is 9.55 Å². The molecule has 122 valence electrons. The zero-order chi connectivity index (χ0) is 16.8. The molecule has 2 aromatic carbocycles. The van der Waals surface area contributed by atoms with Gasteiger partial charge in [0.05, 0.1) is 12.2 Å². The molecule has 0 atom stereocenters. The molecule has 3 rings (SSSR count). The first kappa shape index (κ1) is 16.2. The Morgan fingerprint density at radius 2 is 1.50 bits per heavy atom. The molecule has 0 spiro atoms. The molecule has 0 aliphatic heterocycles. The topological polar surface area (TPSA) is 34.9 Å². The molecule has 0 N–H and O–H groups in total. The van der Waals surface area contributed by atoms with E-state index >= 15 is 0 Å². The Morgan fingerprint density at radius 1 is 0.875 bits per heavy atom. The van der Waals surface area contributed by atoms with Gasteiger partial charge in [0.15, 0.2) is 0 Å². The molecule has 0 saturated carbocycles. The van der Waals surface area contributed by atoms with E-state index in [1.54, 1.807) is 4.57 Å². The average Bonchev–Trinajstić information content (AvgIpc) is 2.61. The second-order valence-corrected chi connectivity index (χ2v) is 6.11. The van der Waals surface area contributed by atoms with Crippen molar-refractivity contribution in [2.24, 2.45) is 0 Å². The van der Waals surface area contributed by atoms with Crippen molar-refractivity contribution in [2.45, 2.75) is 32.7 Å². The van der Waals surface area contributed by atoms with E-state index in [1.807, 2.05) is 49.5 Å². The minimum absolute atomic E-state index is 0.167. The van der Waals surface area contributed by atoms with Crippen molar-refractivity contribution in [2.75, 3.05) is 0 Å². The smallest absolute Gasteiger partial charge is 0.294 e. The fourth-order valence-electron chi connectivity index (χ4n) is 2.88. The summed E-state index contributed by atoms with van der Waals surface area (Å²) in [6, 6.07) is 20.4. The standard InChI is InChI=1S/C21H22N2O/c1-17-15-23(16-19-11-6-3-7-12-19)21(24)22-20(17)14-8-13-18-9-4-2-5-10-18/h2-7,9-12,15H,8,13-14,16H2,1H3. The van der Waals surface area contributed by atoms with E-state index in [0.29, 0.717) is 6.54 Å². The Hall–Kier alpha value is -2.68. The van der Waals surface area contributed by atoms with Crippen LogP contribution in [0.2, 0.25) is 0 Å². The molecule has 0 aliphatic rings. The third-order valence-electron chi connectivity index (χ3n) is 4.20. The maximum absolute atomic E-state index is 12.3. The maximum Gasteiger partial charge on any atom is 0.348 e. The van der Waals surface area contributed by atoms with E-state index in [0.717, 1.165) is 36.1 Å². The number of hydrogen-bond donors (Lipinski definition) is 0. The Kier molecular flexibility index (Phi) is 5.22. The molecule has 3 nitrogen and oxygen atoms in total. The lowest BCUT2D eigenvalue weighted by Crippen LogP contribution is -2.25. The maximum atomic E-state index is 12.3. The van der Waals surface area contributed by atoms with Gasteiger partial charge in [0.25, 0.3) is 0 Å². The van der Waals surface area contributed by atoms with Crippen molar-refractivity contribution in [3.63, 3.8) is 0 Å². The summed E-state index contributed by atoms with van der Waals surface area (Å²) in [7, 11) is 0. The second kappa shape index (κ2) is 7.73. The summed E-state index contributed by atoms with van der Waals surface area (Å²) in [5.41, 5.74) is 4.27. The van der Waals surface area contributed by atoms with Gasteiger partial charge in [-0.1, -0.05) is 60.7 Å². The minimum Gasteiger partial charge on any atom is -0.294 e. The molecule has 0 amide bonds. The van der Waals surface area contributed by atoms with Gasteiger partial charge in [-0.2, -0.15) is 4.98 Å². The van der Waals surface area contributed by atoms with Crippen LogP contribution in [-0.2, 0) is 19.4 Å². The van der Waals surface area contributed by atoms with E-state index in [4.69, 9.17) is 0 Å². The second-order valence-electron chi connectivity index (χ2n) is 6.11. The average molecular weight is 318 g/mol. The molecule has 0 unspecified atom stereocenters. The summed E-state index contributed by atoms with van der Waals surface area (Å²) in [6.07, 6.45) is 4.78. The van der Waals surface area contributed by atoms with Gasteiger partial charge in [0.2, 0.25) is 0 Å². The molecular weight excluding hydrogens is 296 g/mol. The molecule has 1 heterocycles. The number of rotatable bonds is 6. The highest BCUT2D eigenvalue weighted by molar-refractivity contribution is 5.19.